The van der Waals surface area contributed by atoms with Crippen molar-refractivity contribution in [1.29, 1.82) is 0 Å². The monoisotopic (exact) mass is 344 g/mol. The summed E-state index contributed by atoms with van der Waals surface area (Å²) in [6.07, 6.45) is 4.51. The van der Waals surface area contributed by atoms with Crippen molar-refractivity contribution < 1.29 is 4.74 Å². The molecule has 2 fully saturated rings. The largest absolute Gasteiger partial charge is 0.381 e. The van der Waals surface area contributed by atoms with Crippen molar-refractivity contribution in [1.82, 2.24) is 16.0 Å². The van der Waals surface area contributed by atoms with E-state index in [1.165, 1.54) is 18.4 Å². The summed E-state index contributed by atoms with van der Waals surface area (Å²) in [5, 5.41) is 10.8. The molecule has 1 heterocycles. The Hall–Kier alpha value is -1.59. The highest BCUT2D eigenvalue weighted by Crippen LogP contribution is 2.26. The first-order valence-corrected chi connectivity index (χ1v) is 9.66. The van der Waals surface area contributed by atoms with Crippen molar-refractivity contribution in [2.75, 3.05) is 26.3 Å². The number of benzene rings is 1. The summed E-state index contributed by atoms with van der Waals surface area (Å²) in [5.41, 5.74) is 1.32. The fourth-order valence-corrected chi connectivity index (χ4v) is 3.37. The van der Waals surface area contributed by atoms with Gasteiger partial charge in [0.2, 0.25) is 0 Å². The van der Waals surface area contributed by atoms with E-state index in [4.69, 9.17) is 9.73 Å². The summed E-state index contributed by atoms with van der Waals surface area (Å²) < 4.78 is 5.62. The maximum absolute atomic E-state index is 5.62. The molecule has 0 amide bonds. The van der Waals surface area contributed by atoms with Gasteiger partial charge in [-0.15, -0.1) is 0 Å². The van der Waals surface area contributed by atoms with E-state index in [1.54, 1.807) is 0 Å². The van der Waals surface area contributed by atoms with Crippen LogP contribution in [-0.2, 0) is 4.74 Å². The Morgan fingerprint density at radius 1 is 1.24 bits per heavy atom. The molecular formula is C20H32N4O. The minimum atomic E-state index is -0.000585. The van der Waals surface area contributed by atoms with Crippen LogP contribution in [0.4, 0.5) is 0 Å². The van der Waals surface area contributed by atoms with Gasteiger partial charge in [0.15, 0.2) is 5.96 Å². The fraction of sp³-hybridized carbons (Fsp3) is 0.650. The van der Waals surface area contributed by atoms with Gasteiger partial charge in [-0.25, -0.2) is 0 Å². The van der Waals surface area contributed by atoms with E-state index in [9.17, 15) is 0 Å². The van der Waals surface area contributed by atoms with Crippen molar-refractivity contribution in [2.45, 2.75) is 57.2 Å². The van der Waals surface area contributed by atoms with E-state index in [1.807, 2.05) is 0 Å². The Morgan fingerprint density at radius 3 is 2.60 bits per heavy atom. The van der Waals surface area contributed by atoms with E-state index in [0.29, 0.717) is 12.1 Å². The summed E-state index contributed by atoms with van der Waals surface area (Å²) in [6, 6.07) is 11.6. The van der Waals surface area contributed by atoms with Gasteiger partial charge in [-0.1, -0.05) is 30.3 Å². The summed E-state index contributed by atoms with van der Waals surface area (Å²) in [6.45, 7) is 7.62. The zero-order valence-electron chi connectivity index (χ0n) is 15.6. The van der Waals surface area contributed by atoms with E-state index in [0.717, 1.165) is 45.1 Å². The molecule has 0 bridgehead atoms. The number of nitrogens with one attached hydrogen (secondary N) is 3. The van der Waals surface area contributed by atoms with Crippen molar-refractivity contribution in [2.24, 2.45) is 4.99 Å². The molecule has 0 spiro atoms. The maximum atomic E-state index is 5.62. The molecule has 1 aromatic carbocycles. The Balaban J connectivity index is 1.68. The highest BCUT2D eigenvalue weighted by atomic mass is 16.5. The Kier molecular flexibility index (Phi) is 6.32. The number of ether oxygens (including phenoxy) is 1. The number of nitrogens with zero attached hydrogens (tertiary/aromatic N) is 1. The lowest BCUT2D eigenvalue weighted by Crippen LogP contribution is -2.53. The first kappa shape index (κ1) is 18.2. The summed E-state index contributed by atoms with van der Waals surface area (Å²) in [4.78, 5) is 4.91. The second-order valence-electron chi connectivity index (χ2n) is 7.28. The Labute approximate surface area is 151 Å². The van der Waals surface area contributed by atoms with Crippen LogP contribution in [0.3, 0.4) is 0 Å². The van der Waals surface area contributed by atoms with Gasteiger partial charge in [0, 0.05) is 37.4 Å². The van der Waals surface area contributed by atoms with Crippen LogP contribution in [0.15, 0.2) is 35.3 Å². The molecule has 1 aliphatic carbocycles. The zero-order chi connectivity index (χ0) is 17.5. The van der Waals surface area contributed by atoms with E-state index in [2.05, 4.69) is 60.1 Å². The van der Waals surface area contributed by atoms with Gasteiger partial charge >= 0.3 is 0 Å². The van der Waals surface area contributed by atoms with Crippen LogP contribution >= 0.6 is 0 Å². The van der Waals surface area contributed by atoms with Crippen LogP contribution in [0.1, 0.15) is 51.1 Å². The lowest BCUT2D eigenvalue weighted by molar-refractivity contribution is 0.0374. The van der Waals surface area contributed by atoms with Gasteiger partial charge in [-0.05, 0) is 45.1 Å². The number of guanidine groups is 1. The predicted molar refractivity (Wildman–Crippen MR) is 103 cm³/mol. The smallest absolute Gasteiger partial charge is 0.191 e. The molecule has 0 aromatic heterocycles. The highest BCUT2D eigenvalue weighted by molar-refractivity contribution is 5.80. The molecule has 3 rings (SSSR count). The van der Waals surface area contributed by atoms with Crippen LogP contribution in [0.5, 0.6) is 0 Å². The molecule has 25 heavy (non-hydrogen) atoms. The van der Waals surface area contributed by atoms with Gasteiger partial charge in [-0.2, -0.15) is 0 Å². The first-order chi connectivity index (χ1) is 12.2. The average molecular weight is 345 g/mol. The molecule has 1 saturated heterocycles. The van der Waals surface area contributed by atoms with Gasteiger partial charge < -0.3 is 20.7 Å². The zero-order valence-corrected chi connectivity index (χ0v) is 15.6. The van der Waals surface area contributed by atoms with Gasteiger partial charge in [-0.3, -0.25) is 4.99 Å². The van der Waals surface area contributed by atoms with Crippen LogP contribution < -0.4 is 16.0 Å². The summed E-state index contributed by atoms with van der Waals surface area (Å²) in [5.74, 6) is 0.949. The molecule has 3 N–H and O–H groups in total. The average Bonchev–Trinajstić information content (AvgIpc) is 3.46. The minimum Gasteiger partial charge on any atom is -0.381 e. The third-order valence-corrected chi connectivity index (χ3v) is 5.07. The number of rotatable bonds is 7. The number of aliphatic imine (C=N–C) groups is 1. The molecular weight excluding hydrogens is 312 g/mol. The summed E-state index contributed by atoms with van der Waals surface area (Å²) in [7, 11) is 0. The SMILES string of the molecule is CCNC(=NCC1(NC(C)c2ccccc2)CCOCC1)NC1CC1. The molecule has 1 aromatic rings. The minimum absolute atomic E-state index is 0.000585. The number of hydrogen-bond acceptors (Lipinski definition) is 3. The molecule has 1 unspecified atom stereocenters. The number of hydrogen-bond donors (Lipinski definition) is 3. The van der Waals surface area contributed by atoms with Crippen LogP contribution in [0, 0.1) is 0 Å². The quantitative estimate of drug-likeness (QED) is 0.526. The van der Waals surface area contributed by atoms with E-state index < -0.39 is 0 Å². The van der Waals surface area contributed by atoms with Crippen LogP contribution in [-0.4, -0.2) is 43.8 Å². The molecule has 2 aliphatic rings. The van der Waals surface area contributed by atoms with E-state index >= 15 is 0 Å². The summed E-state index contributed by atoms with van der Waals surface area (Å²) >= 11 is 0. The van der Waals surface area contributed by atoms with Crippen LogP contribution in [0.25, 0.3) is 0 Å². The van der Waals surface area contributed by atoms with Crippen molar-refractivity contribution in [3.05, 3.63) is 35.9 Å². The highest BCUT2D eigenvalue weighted by Gasteiger charge is 2.34. The third kappa shape index (κ3) is 5.44. The van der Waals surface area contributed by atoms with Crippen molar-refractivity contribution in [3.63, 3.8) is 0 Å². The van der Waals surface area contributed by atoms with E-state index in [-0.39, 0.29) is 5.54 Å². The van der Waals surface area contributed by atoms with Crippen LogP contribution in [0.2, 0.25) is 0 Å². The normalized spacial score (nSPS) is 21.6. The Bertz CT molecular complexity index is 550. The second-order valence-corrected chi connectivity index (χ2v) is 7.28. The fourth-order valence-electron chi connectivity index (χ4n) is 3.37. The maximum Gasteiger partial charge on any atom is 0.191 e. The second kappa shape index (κ2) is 8.68. The third-order valence-electron chi connectivity index (χ3n) is 5.07. The molecule has 0 radical (unpaired) electrons. The van der Waals surface area contributed by atoms with Gasteiger partial charge in [0.1, 0.15) is 0 Å². The predicted octanol–water partition coefficient (Wildman–Crippen LogP) is 2.60. The molecule has 5 nitrogen and oxygen atoms in total. The molecule has 5 heteroatoms. The molecule has 138 valence electrons. The molecule has 1 saturated carbocycles. The van der Waals surface area contributed by atoms with Crippen molar-refractivity contribution in [3.8, 4) is 0 Å². The standard InChI is InChI=1S/C20H32N4O/c1-3-21-19(23-18-9-10-18)22-15-20(11-13-25-14-12-20)24-16(2)17-7-5-4-6-8-17/h4-8,16,18,24H,3,9-15H2,1-2H3,(H2,21,22,23). The first-order valence-electron chi connectivity index (χ1n) is 9.66. The molecule has 1 aliphatic heterocycles. The van der Waals surface area contributed by atoms with Crippen molar-refractivity contribution >= 4 is 5.96 Å². The van der Waals surface area contributed by atoms with Gasteiger partial charge in [0.05, 0.1) is 6.54 Å². The van der Waals surface area contributed by atoms with Gasteiger partial charge in [0.25, 0.3) is 0 Å². The topological polar surface area (TPSA) is 57.7 Å². The Morgan fingerprint density at radius 2 is 1.96 bits per heavy atom. The molecule has 1 atom stereocenters. The lowest BCUT2D eigenvalue weighted by Gasteiger charge is -2.39. The lowest BCUT2D eigenvalue weighted by atomic mass is 9.88.